The molecule has 1 aromatic rings. The lowest BCUT2D eigenvalue weighted by atomic mass is 10.1. The van der Waals surface area contributed by atoms with Gasteiger partial charge < -0.3 is 20.1 Å². The zero-order valence-corrected chi connectivity index (χ0v) is 13.0. The number of morpholine rings is 1. The minimum Gasteiger partial charge on any atom is -0.394 e. The van der Waals surface area contributed by atoms with Crippen molar-refractivity contribution in [1.82, 2.24) is 5.32 Å². The van der Waals surface area contributed by atoms with Gasteiger partial charge in [-0.05, 0) is 31.7 Å². The fraction of sp³-hybridized carbons (Fsp3) is 0.571. The smallest absolute Gasteiger partial charge is 0.0984 e. The van der Waals surface area contributed by atoms with E-state index in [1.807, 2.05) is 14.0 Å². The molecule has 0 saturated carbocycles. The summed E-state index contributed by atoms with van der Waals surface area (Å²) in [6, 6.07) is 6.40. The van der Waals surface area contributed by atoms with Crippen LogP contribution in [0.5, 0.6) is 0 Å². The zero-order valence-electron chi connectivity index (χ0n) is 11.4. The molecule has 1 aliphatic heterocycles. The molecule has 4 nitrogen and oxygen atoms in total. The summed E-state index contributed by atoms with van der Waals surface area (Å²) in [6.45, 7) is 4.55. The van der Waals surface area contributed by atoms with Crippen LogP contribution in [0.4, 0.5) is 5.69 Å². The number of hydrogen-bond acceptors (Lipinski definition) is 4. The van der Waals surface area contributed by atoms with Crippen LogP contribution in [0.25, 0.3) is 0 Å². The molecule has 0 aliphatic carbocycles. The lowest BCUT2D eigenvalue weighted by Crippen LogP contribution is -2.48. The summed E-state index contributed by atoms with van der Waals surface area (Å²) in [6.07, 6.45) is 0.0428. The van der Waals surface area contributed by atoms with Gasteiger partial charge in [-0.1, -0.05) is 22.0 Å². The molecule has 2 atom stereocenters. The monoisotopic (exact) mass is 328 g/mol. The standard InChI is InChI=1S/C14H21BrN2O2/c1-10-7-17(8-13(9-18)19-10)12-4-3-11(6-16-2)14(15)5-12/h3-5,10,13,16,18H,6-9H2,1-2H3. The molecule has 0 amide bonds. The second-order valence-electron chi connectivity index (χ2n) is 4.96. The van der Waals surface area contributed by atoms with Gasteiger partial charge in [-0.15, -0.1) is 0 Å². The van der Waals surface area contributed by atoms with Crippen molar-refractivity contribution in [3.05, 3.63) is 28.2 Å². The van der Waals surface area contributed by atoms with Crippen molar-refractivity contribution >= 4 is 21.6 Å². The van der Waals surface area contributed by atoms with E-state index in [0.29, 0.717) is 0 Å². The molecule has 1 saturated heterocycles. The molecule has 5 heteroatoms. The third-order valence-electron chi connectivity index (χ3n) is 3.30. The van der Waals surface area contributed by atoms with Crippen molar-refractivity contribution < 1.29 is 9.84 Å². The van der Waals surface area contributed by atoms with Crippen LogP contribution in [0.2, 0.25) is 0 Å². The van der Waals surface area contributed by atoms with Crippen LogP contribution in [0.1, 0.15) is 12.5 Å². The molecule has 2 rings (SSSR count). The van der Waals surface area contributed by atoms with Crippen molar-refractivity contribution in [3.63, 3.8) is 0 Å². The first-order chi connectivity index (χ1) is 9.13. The van der Waals surface area contributed by atoms with E-state index in [-0.39, 0.29) is 18.8 Å². The Hall–Kier alpha value is -0.620. The van der Waals surface area contributed by atoms with Crippen molar-refractivity contribution in [3.8, 4) is 0 Å². The maximum Gasteiger partial charge on any atom is 0.0984 e. The Morgan fingerprint density at radius 2 is 2.26 bits per heavy atom. The van der Waals surface area contributed by atoms with Crippen molar-refractivity contribution in [1.29, 1.82) is 0 Å². The van der Waals surface area contributed by atoms with Crippen molar-refractivity contribution in [2.75, 3.05) is 31.6 Å². The van der Waals surface area contributed by atoms with E-state index in [9.17, 15) is 5.11 Å². The summed E-state index contributed by atoms with van der Waals surface area (Å²) in [4.78, 5) is 2.27. The van der Waals surface area contributed by atoms with Crippen LogP contribution in [0, 0.1) is 0 Å². The van der Waals surface area contributed by atoms with E-state index < -0.39 is 0 Å². The average molecular weight is 329 g/mol. The Morgan fingerprint density at radius 1 is 1.47 bits per heavy atom. The van der Waals surface area contributed by atoms with Crippen LogP contribution in [-0.2, 0) is 11.3 Å². The lowest BCUT2D eigenvalue weighted by molar-refractivity contribution is -0.0421. The fourth-order valence-electron chi connectivity index (χ4n) is 2.42. The van der Waals surface area contributed by atoms with Gasteiger partial charge in [0.25, 0.3) is 0 Å². The molecular formula is C14H21BrN2O2. The van der Waals surface area contributed by atoms with Crippen LogP contribution >= 0.6 is 15.9 Å². The van der Waals surface area contributed by atoms with Crippen LogP contribution < -0.4 is 10.2 Å². The molecule has 2 unspecified atom stereocenters. The highest BCUT2D eigenvalue weighted by Gasteiger charge is 2.25. The van der Waals surface area contributed by atoms with Gasteiger partial charge in [-0.2, -0.15) is 0 Å². The first-order valence-electron chi connectivity index (χ1n) is 6.58. The number of hydrogen-bond donors (Lipinski definition) is 2. The van der Waals surface area contributed by atoms with E-state index in [4.69, 9.17) is 4.74 Å². The lowest BCUT2D eigenvalue weighted by Gasteiger charge is -2.37. The van der Waals surface area contributed by atoms with Crippen LogP contribution in [0.15, 0.2) is 22.7 Å². The third-order valence-corrected chi connectivity index (χ3v) is 4.04. The van der Waals surface area contributed by atoms with Gasteiger partial charge in [-0.25, -0.2) is 0 Å². The van der Waals surface area contributed by atoms with Gasteiger partial charge in [0, 0.05) is 29.8 Å². The molecule has 0 spiro atoms. The van der Waals surface area contributed by atoms with Crippen molar-refractivity contribution in [2.45, 2.75) is 25.7 Å². The largest absolute Gasteiger partial charge is 0.394 e. The fourth-order valence-corrected chi connectivity index (χ4v) is 2.93. The molecule has 0 radical (unpaired) electrons. The molecule has 1 aliphatic rings. The topological polar surface area (TPSA) is 44.7 Å². The highest BCUT2D eigenvalue weighted by atomic mass is 79.9. The molecule has 2 N–H and O–H groups in total. The molecule has 1 aromatic carbocycles. The summed E-state index contributed by atoms with van der Waals surface area (Å²) >= 11 is 3.61. The second kappa shape index (κ2) is 6.70. The number of benzene rings is 1. The van der Waals surface area contributed by atoms with E-state index in [2.05, 4.69) is 44.3 Å². The van der Waals surface area contributed by atoms with E-state index in [1.54, 1.807) is 0 Å². The third kappa shape index (κ3) is 3.69. The first-order valence-corrected chi connectivity index (χ1v) is 7.37. The van der Waals surface area contributed by atoms with Gasteiger partial charge >= 0.3 is 0 Å². The number of rotatable bonds is 4. The number of halogens is 1. The number of nitrogens with one attached hydrogen (secondary N) is 1. The molecule has 1 fully saturated rings. The van der Waals surface area contributed by atoms with Crippen LogP contribution in [0.3, 0.4) is 0 Å². The Bertz CT molecular complexity index is 428. The highest BCUT2D eigenvalue weighted by Crippen LogP contribution is 2.26. The van der Waals surface area contributed by atoms with Crippen molar-refractivity contribution in [2.24, 2.45) is 0 Å². The Morgan fingerprint density at radius 3 is 2.89 bits per heavy atom. The second-order valence-corrected chi connectivity index (χ2v) is 5.82. The average Bonchev–Trinajstić information content (AvgIpc) is 2.40. The maximum absolute atomic E-state index is 9.27. The van der Waals surface area contributed by atoms with Gasteiger partial charge in [0.1, 0.15) is 0 Å². The quantitative estimate of drug-likeness (QED) is 0.884. The predicted molar refractivity (Wildman–Crippen MR) is 80.5 cm³/mol. The SMILES string of the molecule is CNCc1ccc(N2CC(C)OC(CO)C2)cc1Br. The number of aliphatic hydroxyl groups is 1. The van der Waals surface area contributed by atoms with E-state index in [1.165, 1.54) is 11.3 Å². The molecule has 0 bridgehead atoms. The summed E-state index contributed by atoms with van der Waals surface area (Å²) in [5.41, 5.74) is 2.41. The highest BCUT2D eigenvalue weighted by molar-refractivity contribution is 9.10. The van der Waals surface area contributed by atoms with E-state index >= 15 is 0 Å². The molecule has 19 heavy (non-hydrogen) atoms. The molecular weight excluding hydrogens is 308 g/mol. The number of nitrogens with zero attached hydrogens (tertiary/aromatic N) is 1. The summed E-state index contributed by atoms with van der Waals surface area (Å²) in [5, 5.41) is 12.4. The first kappa shape index (κ1) is 14.8. The number of ether oxygens (including phenoxy) is 1. The van der Waals surface area contributed by atoms with Gasteiger partial charge in [0.2, 0.25) is 0 Å². The van der Waals surface area contributed by atoms with Crippen LogP contribution in [-0.4, -0.2) is 44.1 Å². The minimum absolute atomic E-state index is 0.0693. The van der Waals surface area contributed by atoms with Gasteiger partial charge in [0.05, 0.1) is 18.8 Å². The normalized spacial score (nSPS) is 23.7. The Kier molecular flexibility index (Phi) is 5.21. The van der Waals surface area contributed by atoms with Gasteiger partial charge in [-0.3, -0.25) is 0 Å². The number of aliphatic hydroxyl groups excluding tert-OH is 1. The summed E-state index contributed by atoms with van der Waals surface area (Å²) < 4.78 is 6.78. The van der Waals surface area contributed by atoms with Gasteiger partial charge in [0.15, 0.2) is 0 Å². The minimum atomic E-state index is -0.0977. The zero-order chi connectivity index (χ0) is 13.8. The predicted octanol–water partition coefficient (Wildman–Crippen LogP) is 1.75. The van der Waals surface area contributed by atoms with E-state index in [0.717, 1.165) is 24.1 Å². The molecule has 106 valence electrons. The maximum atomic E-state index is 9.27. The summed E-state index contributed by atoms with van der Waals surface area (Å²) in [7, 11) is 1.94. The summed E-state index contributed by atoms with van der Waals surface area (Å²) in [5.74, 6) is 0. The molecule has 1 heterocycles. The Labute approximate surface area is 122 Å². The molecule has 0 aromatic heterocycles. The Balaban J connectivity index is 2.14. The number of anilines is 1.